The van der Waals surface area contributed by atoms with Crippen molar-refractivity contribution >= 4 is 5.97 Å². The number of likely N-dealkylation sites (N-methyl/N-ethyl adjacent to an activating group) is 1. The van der Waals surface area contributed by atoms with Crippen LogP contribution >= 0.6 is 0 Å². The number of carbonyl (C=O) groups is 1. The van der Waals surface area contributed by atoms with Gasteiger partial charge in [-0.25, -0.2) is 0 Å². The van der Waals surface area contributed by atoms with E-state index in [1.807, 2.05) is 60.5 Å². The third kappa shape index (κ3) is 3.11. The van der Waals surface area contributed by atoms with Gasteiger partial charge in [0, 0.05) is 6.20 Å². The maximum Gasteiger partial charge on any atom is 0.323 e. The van der Waals surface area contributed by atoms with Crippen LogP contribution in [0.15, 0.2) is 54.7 Å². The van der Waals surface area contributed by atoms with E-state index in [1.165, 1.54) is 0 Å². The zero-order chi connectivity index (χ0) is 15.5. The lowest BCUT2D eigenvalue weighted by atomic mass is 9.95. The van der Waals surface area contributed by atoms with Crippen molar-refractivity contribution in [2.75, 3.05) is 7.05 Å². The Bertz CT molecular complexity index is 557. The van der Waals surface area contributed by atoms with Crippen molar-refractivity contribution in [2.24, 2.45) is 0 Å². The molecule has 4 nitrogen and oxygen atoms in total. The smallest absolute Gasteiger partial charge is 0.323 e. The summed E-state index contributed by atoms with van der Waals surface area (Å²) in [4.78, 5) is 17.8. The van der Waals surface area contributed by atoms with E-state index in [0.717, 1.165) is 11.3 Å². The van der Waals surface area contributed by atoms with Gasteiger partial charge in [0.1, 0.15) is 5.54 Å². The number of aliphatic carboxylic acids is 1. The highest BCUT2D eigenvalue weighted by molar-refractivity contribution is 5.77. The minimum absolute atomic E-state index is 0.210. The van der Waals surface area contributed by atoms with Gasteiger partial charge >= 0.3 is 5.97 Å². The first-order valence-electron chi connectivity index (χ1n) is 6.87. The molecule has 1 heterocycles. The number of carboxylic acids is 1. The number of pyridine rings is 1. The molecule has 2 rings (SSSR count). The van der Waals surface area contributed by atoms with Gasteiger partial charge in [-0.15, -0.1) is 0 Å². The first-order valence-corrected chi connectivity index (χ1v) is 6.87. The predicted octanol–water partition coefficient (Wildman–Crippen LogP) is 2.97. The van der Waals surface area contributed by atoms with E-state index in [0.29, 0.717) is 0 Å². The molecule has 0 aliphatic heterocycles. The van der Waals surface area contributed by atoms with Crippen molar-refractivity contribution in [1.82, 2.24) is 9.88 Å². The lowest BCUT2D eigenvalue weighted by Gasteiger charge is -2.38. The number of aromatic nitrogens is 1. The SMILES string of the molecule is CN(C(c1ccccc1)c1ccccn1)C(C)(C)C(=O)O. The molecular weight excluding hydrogens is 264 g/mol. The molecule has 1 atom stereocenters. The van der Waals surface area contributed by atoms with Crippen LogP contribution in [-0.2, 0) is 4.79 Å². The number of nitrogens with zero attached hydrogens (tertiary/aromatic N) is 2. The van der Waals surface area contributed by atoms with Gasteiger partial charge in [-0.05, 0) is 38.6 Å². The van der Waals surface area contributed by atoms with Gasteiger partial charge in [-0.2, -0.15) is 0 Å². The van der Waals surface area contributed by atoms with Gasteiger partial charge in [-0.1, -0.05) is 36.4 Å². The fraction of sp³-hybridized carbons (Fsp3) is 0.294. The number of carboxylic acid groups (broad SMARTS) is 1. The van der Waals surface area contributed by atoms with Gasteiger partial charge in [0.05, 0.1) is 11.7 Å². The molecule has 21 heavy (non-hydrogen) atoms. The van der Waals surface area contributed by atoms with Gasteiger partial charge in [0.25, 0.3) is 0 Å². The van der Waals surface area contributed by atoms with Gasteiger partial charge < -0.3 is 5.11 Å². The van der Waals surface area contributed by atoms with Crippen molar-refractivity contribution in [2.45, 2.75) is 25.4 Å². The maximum absolute atomic E-state index is 11.6. The first-order chi connectivity index (χ1) is 9.94. The Kier molecular flexibility index (Phi) is 4.38. The first kappa shape index (κ1) is 15.2. The van der Waals surface area contributed by atoms with E-state index in [4.69, 9.17) is 0 Å². The summed E-state index contributed by atoms with van der Waals surface area (Å²) in [6, 6.07) is 15.3. The summed E-state index contributed by atoms with van der Waals surface area (Å²) in [5.74, 6) is -0.859. The van der Waals surface area contributed by atoms with Crippen LogP contribution in [0.1, 0.15) is 31.1 Å². The molecule has 0 radical (unpaired) electrons. The minimum atomic E-state index is -1.00. The lowest BCUT2D eigenvalue weighted by Crippen LogP contribution is -2.49. The summed E-state index contributed by atoms with van der Waals surface area (Å²) in [7, 11) is 1.82. The molecule has 1 aromatic carbocycles. The monoisotopic (exact) mass is 284 g/mol. The fourth-order valence-electron chi connectivity index (χ4n) is 2.24. The van der Waals surface area contributed by atoms with Crippen LogP contribution in [0.3, 0.4) is 0 Å². The van der Waals surface area contributed by atoms with Crippen LogP contribution < -0.4 is 0 Å². The van der Waals surface area contributed by atoms with E-state index in [1.54, 1.807) is 20.0 Å². The van der Waals surface area contributed by atoms with Crippen molar-refractivity contribution in [1.29, 1.82) is 0 Å². The van der Waals surface area contributed by atoms with Crippen LogP contribution in [0.5, 0.6) is 0 Å². The molecule has 1 aromatic heterocycles. The molecule has 0 amide bonds. The molecule has 0 saturated heterocycles. The number of rotatable bonds is 5. The highest BCUT2D eigenvalue weighted by atomic mass is 16.4. The second kappa shape index (κ2) is 6.06. The summed E-state index contributed by atoms with van der Waals surface area (Å²) in [5.41, 5.74) is 0.853. The maximum atomic E-state index is 11.6. The Balaban J connectivity index is 2.50. The van der Waals surface area contributed by atoms with Crippen LogP contribution in [0.2, 0.25) is 0 Å². The number of hydrogen-bond donors (Lipinski definition) is 1. The highest BCUT2D eigenvalue weighted by Gasteiger charge is 2.37. The summed E-state index contributed by atoms with van der Waals surface area (Å²) >= 11 is 0. The van der Waals surface area contributed by atoms with Crippen molar-refractivity contribution in [3.05, 3.63) is 66.0 Å². The summed E-state index contributed by atoms with van der Waals surface area (Å²) in [6.07, 6.45) is 1.73. The number of benzene rings is 1. The molecule has 4 heteroatoms. The van der Waals surface area contributed by atoms with Crippen molar-refractivity contribution in [3.8, 4) is 0 Å². The van der Waals surface area contributed by atoms with Gasteiger partial charge in [0.15, 0.2) is 0 Å². The predicted molar refractivity (Wildman–Crippen MR) is 82.0 cm³/mol. The van der Waals surface area contributed by atoms with E-state index < -0.39 is 11.5 Å². The van der Waals surface area contributed by atoms with E-state index in [-0.39, 0.29) is 6.04 Å². The van der Waals surface area contributed by atoms with Crippen molar-refractivity contribution in [3.63, 3.8) is 0 Å². The van der Waals surface area contributed by atoms with Gasteiger partial charge in [-0.3, -0.25) is 14.7 Å². The molecule has 0 aliphatic rings. The molecule has 0 saturated carbocycles. The Morgan fingerprint density at radius 3 is 2.29 bits per heavy atom. The second-order valence-corrected chi connectivity index (χ2v) is 5.54. The number of hydrogen-bond acceptors (Lipinski definition) is 3. The quantitative estimate of drug-likeness (QED) is 0.917. The standard InChI is InChI=1S/C17H20N2O2/c1-17(2,16(20)21)19(3)15(13-9-5-4-6-10-13)14-11-7-8-12-18-14/h4-12,15H,1-3H3,(H,20,21). The van der Waals surface area contributed by atoms with Crippen molar-refractivity contribution < 1.29 is 9.90 Å². The fourth-order valence-corrected chi connectivity index (χ4v) is 2.24. The Hall–Kier alpha value is -2.20. The van der Waals surface area contributed by atoms with E-state index in [2.05, 4.69) is 4.98 Å². The summed E-state index contributed by atoms with van der Waals surface area (Å²) in [6.45, 7) is 3.41. The molecule has 0 bridgehead atoms. The van der Waals surface area contributed by atoms with Crippen LogP contribution in [-0.4, -0.2) is 33.5 Å². The average Bonchev–Trinajstić information content (AvgIpc) is 2.49. The highest BCUT2D eigenvalue weighted by Crippen LogP contribution is 2.31. The summed E-state index contributed by atoms with van der Waals surface area (Å²) < 4.78 is 0. The lowest BCUT2D eigenvalue weighted by molar-refractivity contribution is -0.149. The van der Waals surface area contributed by atoms with E-state index >= 15 is 0 Å². The molecule has 0 aliphatic carbocycles. The second-order valence-electron chi connectivity index (χ2n) is 5.54. The Morgan fingerprint density at radius 1 is 1.14 bits per heavy atom. The normalized spacial score (nSPS) is 13.1. The van der Waals surface area contributed by atoms with Gasteiger partial charge in [0.2, 0.25) is 0 Å². The Labute approximate surface area is 125 Å². The molecule has 0 spiro atoms. The van der Waals surface area contributed by atoms with E-state index in [9.17, 15) is 9.90 Å². The average molecular weight is 284 g/mol. The topological polar surface area (TPSA) is 53.4 Å². The third-order valence-corrected chi connectivity index (χ3v) is 3.88. The Morgan fingerprint density at radius 2 is 1.76 bits per heavy atom. The largest absolute Gasteiger partial charge is 0.480 e. The minimum Gasteiger partial charge on any atom is -0.480 e. The zero-order valence-corrected chi connectivity index (χ0v) is 12.5. The van der Waals surface area contributed by atoms with Crippen LogP contribution in [0, 0.1) is 0 Å². The van der Waals surface area contributed by atoms with Crippen LogP contribution in [0.25, 0.3) is 0 Å². The molecule has 110 valence electrons. The third-order valence-electron chi connectivity index (χ3n) is 3.88. The molecule has 1 unspecified atom stereocenters. The zero-order valence-electron chi connectivity index (χ0n) is 12.5. The molecule has 1 N–H and O–H groups in total. The van der Waals surface area contributed by atoms with Crippen LogP contribution in [0.4, 0.5) is 0 Å². The summed E-state index contributed by atoms with van der Waals surface area (Å²) in [5, 5.41) is 9.49. The molecular formula is C17H20N2O2. The molecule has 0 fully saturated rings. The molecule has 2 aromatic rings.